The molecule has 0 nitrogen and oxygen atoms in total. The van der Waals surface area contributed by atoms with Crippen molar-refractivity contribution in [3.05, 3.63) is 107 Å². The maximum Gasteiger partial charge on any atom is -0.00671 e. The first kappa shape index (κ1) is 18.3. The standard InChI is InChI=1S/C28H26/c1-19-11-5-7-15-23(19)25-17-9-13-21(3)27(25)28-22(4)14-10-18-26(28)24-16-8-6-12-20(24)2/h5-18H,1-4H3. The van der Waals surface area contributed by atoms with Crippen LogP contribution in [0.2, 0.25) is 0 Å². The molecular formula is C28H26. The van der Waals surface area contributed by atoms with E-state index in [1.54, 1.807) is 0 Å². The third kappa shape index (κ3) is 3.16. The van der Waals surface area contributed by atoms with Crippen molar-refractivity contribution in [2.75, 3.05) is 0 Å². The molecule has 28 heavy (non-hydrogen) atoms. The van der Waals surface area contributed by atoms with Gasteiger partial charge in [0.15, 0.2) is 0 Å². The van der Waals surface area contributed by atoms with E-state index in [0.717, 1.165) is 0 Å². The zero-order valence-corrected chi connectivity index (χ0v) is 17.1. The Balaban J connectivity index is 2.08. The van der Waals surface area contributed by atoms with Gasteiger partial charge in [0.1, 0.15) is 0 Å². The molecule has 0 unspecified atom stereocenters. The molecule has 0 amide bonds. The Morgan fingerprint density at radius 2 is 0.643 bits per heavy atom. The van der Waals surface area contributed by atoms with Crippen molar-refractivity contribution in [1.29, 1.82) is 0 Å². The molecule has 0 N–H and O–H groups in total. The SMILES string of the molecule is Cc1ccccc1-c1cccc(C)c1-c1c(C)cccc1-c1ccccc1C. The molecule has 0 saturated carbocycles. The smallest absolute Gasteiger partial charge is 0.00671 e. The van der Waals surface area contributed by atoms with E-state index >= 15 is 0 Å². The molecule has 4 rings (SSSR count). The van der Waals surface area contributed by atoms with E-state index in [9.17, 15) is 0 Å². The van der Waals surface area contributed by atoms with Crippen molar-refractivity contribution in [2.24, 2.45) is 0 Å². The van der Waals surface area contributed by atoms with Gasteiger partial charge in [0.25, 0.3) is 0 Å². The number of hydrogen-bond acceptors (Lipinski definition) is 0. The van der Waals surface area contributed by atoms with E-state index < -0.39 is 0 Å². The predicted molar refractivity (Wildman–Crippen MR) is 122 cm³/mol. The van der Waals surface area contributed by atoms with Crippen LogP contribution in [0.4, 0.5) is 0 Å². The molecule has 0 spiro atoms. The van der Waals surface area contributed by atoms with Crippen LogP contribution in [0.1, 0.15) is 22.3 Å². The number of aryl methyl sites for hydroxylation is 4. The fraction of sp³-hybridized carbons (Fsp3) is 0.143. The zero-order chi connectivity index (χ0) is 19.7. The second-order valence-corrected chi connectivity index (χ2v) is 7.62. The summed E-state index contributed by atoms with van der Waals surface area (Å²) in [6.45, 7) is 8.85. The second-order valence-electron chi connectivity index (χ2n) is 7.62. The lowest BCUT2D eigenvalue weighted by molar-refractivity contribution is 1.38. The van der Waals surface area contributed by atoms with Gasteiger partial charge >= 0.3 is 0 Å². The highest BCUT2D eigenvalue weighted by atomic mass is 14.2. The molecule has 0 heteroatoms. The van der Waals surface area contributed by atoms with Gasteiger partial charge < -0.3 is 0 Å². The van der Waals surface area contributed by atoms with Crippen molar-refractivity contribution in [3.63, 3.8) is 0 Å². The van der Waals surface area contributed by atoms with Crippen LogP contribution in [0, 0.1) is 27.7 Å². The molecule has 0 atom stereocenters. The molecule has 4 aromatic carbocycles. The van der Waals surface area contributed by atoms with Gasteiger partial charge in [-0.25, -0.2) is 0 Å². The second kappa shape index (κ2) is 7.48. The first-order valence-electron chi connectivity index (χ1n) is 9.89. The predicted octanol–water partition coefficient (Wildman–Crippen LogP) is 7.92. The van der Waals surface area contributed by atoms with Crippen LogP contribution in [0.3, 0.4) is 0 Å². The third-order valence-electron chi connectivity index (χ3n) is 5.67. The van der Waals surface area contributed by atoms with Crippen molar-refractivity contribution in [2.45, 2.75) is 27.7 Å². The maximum atomic E-state index is 2.26. The summed E-state index contributed by atoms with van der Waals surface area (Å²) in [6, 6.07) is 30.7. The Morgan fingerprint density at radius 3 is 1.04 bits per heavy atom. The minimum atomic E-state index is 1.31. The Kier molecular flexibility index (Phi) is 4.88. The maximum absolute atomic E-state index is 2.26. The Bertz CT molecular complexity index is 1060. The van der Waals surface area contributed by atoms with Crippen LogP contribution >= 0.6 is 0 Å². The van der Waals surface area contributed by atoms with Crippen LogP contribution in [0.5, 0.6) is 0 Å². The molecule has 0 heterocycles. The highest BCUT2D eigenvalue weighted by Gasteiger charge is 2.18. The lowest BCUT2D eigenvalue weighted by Crippen LogP contribution is -1.96. The number of hydrogen-bond donors (Lipinski definition) is 0. The van der Waals surface area contributed by atoms with Crippen molar-refractivity contribution < 1.29 is 0 Å². The van der Waals surface area contributed by atoms with E-state index in [2.05, 4.69) is 113 Å². The fourth-order valence-corrected chi connectivity index (χ4v) is 4.20. The summed E-state index contributed by atoms with van der Waals surface area (Å²) in [6.07, 6.45) is 0. The summed E-state index contributed by atoms with van der Waals surface area (Å²) in [4.78, 5) is 0. The topological polar surface area (TPSA) is 0 Å². The molecule has 0 bridgehead atoms. The lowest BCUT2D eigenvalue weighted by atomic mass is 9.83. The summed E-state index contributed by atoms with van der Waals surface area (Å²) in [5.41, 5.74) is 13.1. The zero-order valence-electron chi connectivity index (χ0n) is 17.1. The summed E-state index contributed by atoms with van der Waals surface area (Å²) < 4.78 is 0. The lowest BCUT2D eigenvalue weighted by Gasteiger charge is -2.21. The highest BCUT2D eigenvalue weighted by Crippen LogP contribution is 2.43. The van der Waals surface area contributed by atoms with Crippen LogP contribution < -0.4 is 0 Å². The molecule has 0 saturated heterocycles. The van der Waals surface area contributed by atoms with Gasteiger partial charge in [0.05, 0.1) is 0 Å². The summed E-state index contributed by atoms with van der Waals surface area (Å²) >= 11 is 0. The molecule has 0 aliphatic heterocycles. The minimum Gasteiger partial charge on any atom is -0.0620 e. The van der Waals surface area contributed by atoms with Crippen molar-refractivity contribution >= 4 is 0 Å². The van der Waals surface area contributed by atoms with Gasteiger partial charge in [0.2, 0.25) is 0 Å². The highest BCUT2D eigenvalue weighted by molar-refractivity contribution is 5.95. The van der Waals surface area contributed by atoms with Crippen LogP contribution in [0.15, 0.2) is 84.9 Å². The summed E-state index contributed by atoms with van der Waals surface area (Å²) in [7, 11) is 0. The molecule has 0 aromatic heterocycles. The molecule has 0 aliphatic rings. The van der Waals surface area contributed by atoms with Crippen molar-refractivity contribution in [3.8, 4) is 33.4 Å². The molecule has 0 aliphatic carbocycles. The van der Waals surface area contributed by atoms with Crippen LogP contribution in [0.25, 0.3) is 33.4 Å². The van der Waals surface area contributed by atoms with E-state index in [-0.39, 0.29) is 0 Å². The normalized spacial score (nSPS) is 10.9. The Hall–Kier alpha value is -3.12. The van der Waals surface area contributed by atoms with Crippen LogP contribution in [-0.4, -0.2) is 0 Å². The first-order valence-corrected chi connectivity index (χ1v) is 9.89. The molecule has 0 radical (unpaired) electrons. The van der Waals surface area contributed by atoms with Gasteiger partial charge in [-0.1, -0.05) is 84.9 Å². The van der Waals surface area contributed by atoms with Gasteiger partial charge in [-0.3, -0.25) is 0 Å². The van der Waals surface area contributed by atoms with E-state index in [1.807, 2.05) is 0 Å². The van der Waals surface area contributed by atoms with Gasteiger partial charge in [-0.05, 0) is 83.3 Å². The number of rotatable bonds is 3. The van der Waals surface area contributed by atoms with Gasteiger partial charge in [-0.15, -0.1) is 0 Å². The quantitative estimate of drug-likeness (QED) is 0.347. The van der Waals surface area contributed by atoms with Crippen LogP contribution in [-0.2, 0) is 0 Å². The summed E-state index contributed by atoms with van der Waals surface area (Å²) in [5, 5.41) is 0. The summed E-state index contributed by atoms with van der Waals surface area (Å²) in [5.74, 6) is 0. The van der Waals surface area contributed by atoms with E-state index in [4.69, 9.17) is 0 Å². The molecular weight excluding hydrogens is 336 g/mol. The van der Waals surface area contributed by atoms with Gasteiger partial charge in [-0.2, -0.15) is 0 Å². The average Bonchev–Trinajstić information content (AvgIpc) is 2.69. The largest absolute Gasteiger partial charge is 0.0620 e. The van der Waals surface area contributed by atoms with E-state index in [1.165, 1.54) is 55.6 Å². The van der Waals surface area contributed by atoms with Gasteiger partial charge in [0, 0.05) is 0 Å². The van der Waals surface area contributed by atoms with E-state index in [0.29, 0.717) is 0 Å². The number of benzene rings is 4. The Morgan fingerprint density at radius 1 is 0.321 bits per heavy atom. The molecule has 138 valence electrons. The minimum absolute atomic E-state index is 1.31. The molecule has 0 fully saturated rings. The molecule has 4 aromatic rings. The third-order valence-corrected chi connectivity index (χ3v) is 5.67. The fourth-order valence-electron chi connectivity index (χ4n) is 4.20. The average molecular weight is 363 g/mol. The Labute approximate surface area is 168 Å². The monoisotopic (exact) mass is 362 g/mol. The van der Waals surface area contributed by atoms with Crippen molar-refractivity contribution in [1.82, 2.24) is 0 Å². The first-order chi connectivity index (χ1) is 13.6.